The van der Waals surface area contributed by atoms with Crippen LogP contribution in [0.3, 0.4) is 0 Å². The van der Waals surface area contributed by atoms with Gasteiger partial charge in [0, 0.05) is 7.05 Å². The van der Waals surface area contributed by atoms with Gasteiger partial charge < -0.3 is 5.32 Å². The molecule has 0 saturated heterocycles. The summed E-state index contributed by atoms with van der Waals surface area (Å²) in [7, 11) is 1.92. The first-order valence-corrected chi connectivity index (χ1v) is 5.39. The Labute approximate surface area is 87.2 Å². The second-order valence-electron chi connectivity index (χ2n) is 3.25. The molecule has 0 bridgehead atoms. The molecule has 0 spiro atoms. The van der Waals surface area contributed by atoms with E-state index in [4.69, 9.17) is 0 Å². The number of hydrogen-bond donors (Lipinski definition) is 2. The third kappa shape index (κ3) is 1.32. The van der Waals surface area contributed by atoms with Crippen molar-refractivity contribution in [3.8, 4) is 10.6 Å². The monoisotopic (exact) mass is 207 g/mol. The van der Waals surface area contributed by atoms with E-state index >= 15 is 0 Å². The third-order valence-corrected chi connectivity index (χ3v) is 3.30. The SMILES string of the molecule is CNc1c(-c2sccc2C)n[nH]c1C. The Morgan fingerprint density at radius 3 is 2.79 bits per heavy atom. The number of H-pyrrole nitrogens is 1. The van der Waals surface area contributed by atoms with E-state index in [1.807, 2.05) is 14.0 Å². The molecule has 2 rings (SSSR count). The molecular weight excluding hydrogens is 194 g/mol. The smallest absolute Gasteiger partial charge is 0.126 e. The molecule has 0 aliphatic carbocycles. The van der Waals surface area contributed by atoms with E-state index in [0.29, 0.717) is 0 Å². The Hall–Kier alpha value is -1.29. The summed E-state index contributed by atoms with van der Waals surface area (Å²) in [6, 6.07) is 2.11. The first-order chi connectivity index (χ1) is 6.74. The van der Waals surface area contributed by atoms with Crippen LogP contribution in [0, 0.1) is 13.8 Å². The van der Waals surface area contributed by atoms with Crippen molar-refractivity contribution in [1.82, 2.24) is 10.2 Å². The van der Waals surface area contributed by atoms with Crippen LogP contribution in [0.4, 0.5) is 5.69 Å². The highest BCUT2D eigenvalue weighted by atomic mass is 32.1. The summed E-state index contributed by atoms with van der Waals surface area (Å²) >= 11 is 1.72. The Balaban J connectivity index is 2.57. The van der Waals surface area contributed by atoms with E-state index < -0.39 is 0 Å². The summed E-state index contributed by atoms with van der Waals surface area (Å²) in [5.41, 5.74) is 4.47. The standard InChI is InChI=1S/C10H13N3S/c1-6-4-5-14-10(6)9-8(11-3)7(2)12-13-9/h4-5,11H,1-3H3,(H,12,13). The van der Waals surface area contributed by atoms with Crippen molar-refractivity contribution in [2.75, 3.05) is 12.4 Å². The molecule has 2 heterocycles. The molecule has 0 unspecified atom stereocenters. The molecule has 0 fully saturated rings. The molecule has 0 aliphatic rings. The minimum atomic E-state index is 1.03. The number of aromatic amines is 1. The van der Waals surface area contributed by atoms with Gasteiger partial charge in [-0.25, -0.2) is 0 Å². The number of nitrogens with one attached hydrogen (secondary N) is 2. The van der Waals surface area contributed by atoms with E-state index in [9.17, 15) is 0 Å². The van der Waals surface area contributed by atoms with Crippen LogP contribution in [0.5, 0.6) is 0 Å². The molecule has 0 aromatic carbocycles. The van der Waals surface area contributed by atoms with Crippen LogP contribution in [-0.2, 0) is 0 Å². The molecule has 0 radical (unpaired) electrons. The lowest BCUT2D eigenvalue weighted by Gasteiger charge is -2.01. The summed E-state index contributed by atoms with van der Waals surface area (Å²) in [6.45, 7) is 4.13. The average Bonchev–Trinajstić information content (AvgIpc) is 2.71. The van der Waals surface area contributed by atoms with Crippen molar-refractivity contribution in [2.45, 2.75) is 13.8 Å². The van der Waals surface area contributed by atoms with Gasteiger partial charge in [0.25, 0.3) is 0 Å². The normalized spacial score (nSPS) is 10.5. The zero-order valence-corrected chi connectivity index (χ0v) is 9.33. The fraction of sp³-hybridized carbons (Fsp3) is 0.300. The van der Waals surface area contributed by atoms with Gasteiger partial charge in [-0.05, 0) is 30.9 Å². The first kappa shape index (κ1) is 9.27. The van der Waals surface area contributed by atoms with Crippen molar-refractivity contribution >= 4 is 17.0 Å². The quantitative estimate of drug-likeness (QED) is 0.795. The molecule has 0 saturated carbocycles. The number of nitrogens with zero attached hydrogens (tertiary/aromatic N) is 1. The van der Waals surface area contributed by atoms with Crippen LogP contribution >= 0.6 is 11.3 Å². The third-order valence-electron chi connectivity index (χ3n) is 2.27. The molecule has 0 atom stereocenters. The molecule has 2 aromatic heterocycles. The second-order valence-corrected chi connectivity index (χ2v) is 4.17. The largest absolute Gasteiger partial charge is 0.385 e. The topological polar surface area (TPSA) is 40.7 Å². The van der Waals surface area contributed by atoms with Gasteiger partial charge in [0.15, 0.2) is 0 Å². The van der Waals surface area contributed by atoms with Gasteiger partial charge in [0.1, 0.15) is 5.69 Å². The summed E-state index contributed by atoms with van der Waals surface area (Å²) in [5.74, 6) is 0. The van der Waals surface area contributed by atoms with Gasteiger partial charge in [-0.1, -0.05) is 0 Å². The molecule has 14 heavy (non-hydrogen) atoms. The average molecular weight is 207 g/mol. The van der Waals surface area contributed by atoms with Crippen LogP contribution in [0.25, 0.3) is 10.6 Å². The van der Waals surface area contributed by atoms with Crippen LogP contribution in [0.1, 0.15) is 11.3 Å². The van der Waals surface area contributed by atoms with Crippen LogP contribution in [-0.4, -0.2) is 17.2 Å². The van der Waals surface area contributed by atoms with Crippen LogP contribution < -0.4 is 5.32 Å². The number of rotatable bonds is 2. The van der Waals surface area contributed by atoms with Gasteiger partial charge in [0.2, 0.25) is 0 Å². The summed E-state index contributed by atoms with van der Waals surface area (Å²) < 4.78 is 0. The summed E-state index contributed by atoms with van der Waals surface area (Å²) in [4.78, 5) is 1.23. The van der Waals surface area contributed by atoms with Gasteiger partial charge in [-0.2, -0.15) is 5.10 Å². The number of aromatic nitrogens is 2. The maximum atomic E-state index is 4.31. The van der Waals surface area contributed by atoms with Crippen LogP contribution in [0.2, 0.25) is 0 Å². The van der Waals surface area contributed by atoms with E-state index in [1.165, 1.54) is 10.4 Å². The van der Waals surface area contributed by atoms with Crippen molar-refractivity contribution in [3.05, 3.63) is 22.7 Å². The van der Waals surface area contributed by atoms with Gasteiger partial charge in [-0.3, -0.25) is 5.10 Å². The van der Waals surface area contributed by atoms with E-state index in [2.05, 4.69) is 33.9 Å². The molecule has 0 aliphatic heterocycles. The van der Waals surface area contributed by atoms with Gasteiger partial charge in [-0.15, -0.1) is 11.3 Å². The van der Waals surface area contributed by atoms with Gasteiger partial charge >= 0.3 is 0 Å². The van der Waals surface area contributed by atoms with Crippen molar-refractivity contribution < 1.29 is 0 Å². The number of anilines is 1. The molecule has 74 valence electrons. The number of hydrogen-bond acceptors (Lipinski definition) is 3. The van der Waals surface area contributed by atoms with E-state index in [0.717, 1.165) is 17.1 Å². The highest BCUT2D eigenvalue weighted by Gasteiger charge is 2.13. The highest BCUT2D eigenvalue weighted by molar-refractivity contribution is 7.13. The lowest BCUT2D eigenvalue weighted by Crippen LogP contribution is -1.90. The summed E-state index contributed by atoms with van der Waals surface area (Å²) in [6.07, 6.45) is 0. The van der Waals surface area contributed by atoms with Crippen molar-refractivity contribution in [3.63, 3.8) is 0 Å². The predicted molar refractivity (Wildman–Crippen MR) is 60.9 cm³/mol. The summed E-state index contributed by atoms with van der Waals surface area (Å²) in [5, 5.41) is 12.6. The zero-order chi connectivity index (χ0) is 10.1. The molecule has 4 heteroatoms. The molecule has 2 N–H and O–H groups in total. The fourth-order valence-corrected chi connectivity index (χ4v) is 2.44. The van der Waals surface area contributed by atoms with Crippen molar-refractivity contribution in [1.29, 1.82) is 0 Å². The number of thiophene rings is 1. The second kappa shape index (κ2) is 3.46. The number of aryl methyl sites for hydroxylation is 2. The Bertz CT molecular complexity index is 442. The lowest BCUT2D eigenvalue weighted by atomic mass is 10.2. The first-order valence-electron chi connectivity index (χ1n) is 4.51. The zero-order valence-electron chi connectivity index (χ0n) is 8.51. The molecule has 0 amide bonds. The molecule has 2 aromatic rings. The highest BCUT2D eigenvalue weighted by Crippen LogP contribution is 2.33. The van der Waals surface area contributed by atoms with E-state index in [1.54, 1.807) is 11.3 Å². The minimum Gasteiger partial charge on any atom is -0.385 e. The predicted octanol–water partition coefficient (Wildman–Crippen LogP) is 2.80. The maximum absolute atomic E-state index is 4.31. The molecule has 3 nitrogen and oxygen atoms in total. The van der Waals surface area contributed by atoms with Crippen LogP contribution in [0.15, 0.2) is 11.4 Å². The van der Waals surface area contributed by atoms with Gasteiger partial charge in [0.05, 0.1) is 16.3 Å². The Kier molecular flexibility index (Phi) is 2.29. The Morgan fingerprint density at radius 1 is 1.43 bits per heavy atom. The fourth-order valence-electron chi connectivity index (χ4n) is 1.51. The maximum Gasteiger partial charge on any atom is 0.126 e. The van der Waals surface area contributed by atoms with E-state index in [-0.39, 0.29) is 0 Å². The Morgan fingerprint density at radius 2 is 2.21 bits per heavy atom. The lowest BCUT2D eigenvalue weighted by molar-refractivity contribution is 1.05. The molecular formula is C10H13N3S. The minimum absolute atomic E-state index is 1.03. The van der Waals surface area contributed by atoms with Crippen molar-refractivity contribution in [2.24, 2.45) is 0 Å².